The maximum atomic E-state index is 12.8. The monoisotopic (exact) mass is 382 g/mol. The summed E-state index contributed by atoms with van der Waals surface area (Å²) >= 11 is 1.46. The van der Waals surface area contributed by atoms with Crippen molar-refractivity contribution in [2.45, 2.75) is 37.2 Å². The number of para-hydroxylation sites is 1. The van der Waals surface area contributed by atoms with E-state index in [2.05, 4.69) is 26.9 Å². The van der Waals surface area contributed by atoms with Crippen LogP contribution < -0.4 is 5.56 Å². The third-order valence-corrected chi connectivity index (χ3v) is 5.25. The standard InChI is InChI=1S/C18H18N6O2S/c1-4-10-23-16(25)12-8-6-7-9-13(12)24-17(23)20-21-18(24)27-11(3)15-19-14(5-2)22-26-15/h4,6-9,11H,1,5,10H2,2-3H3. The van der Waals surface area contributed by atoms with Gasteiger partial charge in [-0.25, -0.2) is 0 Å². The van der Waals surface area contributed by atoms with Crippen LogP contribution in [0.2, 0.25) is 0 Å². The van der Waals surface area contributed by atoms with E-state index in [1.807, 2.05) is 36.4 Å². The minimum atomic E-state index is -0.112. The zero-order valence-corrected chi connectivity index (χ0v) is 15.8. The van der Waals surface area contributed by atoms with E-state index in [-0.39, 0.29) is 10.8 Å². The van der Waals surface area contributed by atoms with Crippen molar-refractivity contribution in [2.24, 2.45) is 0 Å². The van der Waals surface area contributed by atoms with Crippen LogP contribution in [0, 0.1) is 0 Å². The molecule has 138 valence electrons. The molecule has 8 nitrogen and oxygen atoms in total. The van der Waals surface area contributed by atoms with Gasteiger partial charge in [0.1, 0.15) is 0 Å². The number of rotatable bonds is 6. The highest BCUT2D eigenvalue weighted by Gasteiger charge is 2.21. The van der Waals surface area contributed by atoms with E-state index < -0.39 is 0 Å². The van der Waals surface area contributed by atoms with Crippen LogP contribution in [0.3, 0.4) is 0 Å². The van der Waals surface area contributed by atoms with Gasteiger partial charge in [-0.1, -0.05) is 42.1 Å². The molecule has 4 rings (SSSR count). The SMILES string of the molecule is C=CCn1c(=O)c2ccccc2n2c(SC(C)c3nc(CC)no3)nnc12. The van der Waals surface area contributed by atoms with Crippen molar-refractivity contribution in [3.8, 4) is 0 Å². The number of fused-ring (bicyclic) bond motifs is 3. The van der Waals surface area contributed by atoms with E-state index >= 15 is 0 Å². The second kappa shape index (κ2) is 6.99. The molecule has 0 saturated carbocycles. The van der Waals surface area contributed by atoms with Gasteiger partial charge in [-0.3, -0.25) is 13.8 Å². The summed E-state index contributed by atoms with van der Waals surface area (Å²) in [5.41, 5.74) is 0.650. The van der Waals surface area contributed by atoms with Crippen molar-refractivity contribution in [3.05, 3.63) is 59.0 Å². The van der Waals surface area contributed by atoms with Gasteiger partial charge < -0.3 is 4.52 Å². The molecule has 0 radical (unpaired) electrons. The Bertz CT molecular complexity index is 1190. The average molecular weight is 382 g/mol. The maximum absolute atomic E-state index is 12.8. The Kier molecular flexibility index (Phi) is 4.53. The number of allylic oxidation sites excluding steroid dienone is 1. The first-order chi connectivity index (χ1) is 13.1. The number of benzene rings is 1. The normalized spacial score (nSPS) is 12.7. The maximum Gasteiger partial charge on any atom is 0.263 e. The topological polar surface area (TPSA) is 91.1 Å². The number of aromatic nitrogens is 6. The minimum Gasteiger partial charge on any atom is -0.338 e. The number of thioether (sulfide) groups is 1. The first kappa shape index (κ1) is 17.5. The zero-order valence-electron chi connectivity index (χ0n) is 15.0. The van der Waals surface area contributed by atoms with Crippen LogP contribution in [0.15, 0.2) is 51.4 Å². The summed E-state index contributed by atoms with van der Waals surface area (Å²) < 4.78 is 8.79. The Morgan fingerprint density at radius 1 is 1.33 bits per heavy atom. The second-order valence-corrected chi connectivity index (χ2v) is 7.31. The molecule has 3 aromatic heterocycles. The molecule has 0 N–H and O–H groups in total. The molecule has 0 bridgehead atoms. The summed E-state index contributed by atoms with van der Waals surface area (Å²) in [7, 11) is 0. The first-order valence-electron chi connectivity index (χ1n) is 8.60. The van der Waals surface area contributed by atoms with Crippen molar-refractivity contribution in [1.29, 1.82) is 0 Å². The molecule has 27 heavy (non-hydrogen) atoms. The molecule has 4 aromatic rings. The highest BCUT2D eigenvalue weighted by Crippen LogP contribution is 2.33. The summed E-state index contributed by atoms with van der Waals surface area (Å²) in [6.45, 7) is 8.04. The van der Waals surface area contributed by atoms with Gasteiger partial charge in [0.05, 0.1) is 16.2 Å². The fourth-order valence-corrected chi connectivity index (χ4v) is 3.77. The Hall–Kier alpha value is -2.94. The van der Waals surface area contributed by atoms with Gasteiger partial charge in [0.2, 0.25) is 11.7 Å². The molecule has 3 heterocycles. The van der Waals surface area contributed by atoms with E-state index in [1.54, 1.807) is 16.7 Å². The van der Waals surface area contributed by atoms with Crippen molar-refractivity contribution >= 4 is 28.4 Å². The van der Waals surface area contributed by atoms with Crippen molar-refractivity contribution in [3.63, 3.8) is 0 Å². The molecule has 0 spiro atoms. The third-order valence-electron chi connectivity index (χ3n) is 4.22. The van der Waals surface area contributed by atoms with Crippen LogP contribution in [-0.4, -0.2) is 29.3 Å². The molecule has 1 atom stereocenters. The summed E-state index contributed by atoms with van der Waals surface area (Å²) in [5, 5.41) is 13.7. The average Bonchev–Trinajstić information content (AvgIpc) is 3.32. The lowest BCUT2D eigenvalue weighted by Crippen LogP contribution is -2.22. The number of aryl methyl sites for hydroxylation is 1. The van der Waals surface area contributed by atoms with Gasteiger partial charge in [-0.2, -0.15) is 4.98 Å². The molecule has 0 aliphatic carbocycles. The summed E-state index contributed by atoms with van der Waals surface area (Å²) in [6, 6.07) is 7.43. The zero-order chi connectivity index (χ0) is 19.0. The number of hydrogen-bond acceptors (Lipinski definition) is 7. The van der Waals surface area contributed by atoms with Crippen LogP contribution in [0.4, 0.5) is 0 Å². The molecule has 0 aliphatic heterocycles. The van der Waals surface area contributed by atoms with Gasteiger partial charge in [-0.15, -0.1) is 16.8 Å². The minimum absolute atomic E-state index is 0.108. The Balaban J connectivity index is 1.87. The van der Waals surface area contributed by atoms with Crippen LogP contribution >= 0.6 is 11.8 Å². The van der Waals surface area contributed by atoms with Crippen molar-refractivity contribution in [1.82, 2.24) is 29.3 Å². The van der Waals surface area contributed by atoms with E-state index in [1.165, 1.54) is 11.8 Å². The third kappa shape index (κ3) is 2.93. The summed E-state index contributed by atoms with van der Waals surface area (Å²) in [6.07, 6.45) is 2.39. The van der Waals surface area contributed by atoms with E-state index in [4.69, 9.17) is 4.52 Å². The van der Waals surface area contributed by atoms with Crippen LogP contribution in [0.1, 0.15) is 30.8 Å². The van der Waals surface area contributed by atoms with Gasteiger partial charge >= 0.3 is 0 Å². The molecule has 0 aliphatic rings. The van der Waals surface area contributed by atoms with Gasteiger partial charge in [-0.05, 0) is 19.1 Å². The highest BCUT2D eigenvalue weighted by atomic mass is 32.2. The number of hydrogen-bond donors (Lipinski definition) is 0. The second-order valence-electron chi connectivity index (χ2n) is 6.00. The van der Waals surface area contributed by atoms with E-state index in [0.29, 0.717) is 41.0 Å². The van der Waals surface area contributed by atoms with Crippen molar-refractivity contribution < 1.29 is 4.52 Å². The smallest absolute Gasteiger partial charge is 0.263 e. The summed E-state index contributed by atoms with van der Waals surface area (Å²) in [4.78, 5) is 17.2. The van der Waals surface area contributed by atoms with E-state index in [9.17, 15) is 4.79 Å². The Morgan fingerprint density at radius 2 is 2.15 bits per heavy atom. The van der Waals surface area contributed by atoms with Crippen LogP contribution in [0.5, 0.6) is 0 Å². The molecule has 1 unspecified atom stereocenters. The molecular weight excluding hydrogens is 364 g/mol. The molecule has 9 heteroatoms. The molecular formula is C18H18N6O2S. The predicted molar refractivity (Wildman–Crippen MR) is 103 cm³/mol. The molecule has 0 saturated heterocycles. The Morgan fingerprint density at radius 3 is 2.89 bits per heavy atom. The van der Waals surface area contributed by atoms with Gasteiger partial charge in [0.15, 0.2) is 11.0 Å². The van der Waals surface area contributed by atoms with Gasteiger partial charge in [0, 0.05) is 13.0 Å². The lowest BCUT2D eigenvalue weighted by Gasteiger charge is -2.10. The van der Waals surface area contributed by atoms with Gasteiger partial charge in [0.25, 0.3) is 5.56 Å². The number of nitrogens with zero attached hydrogens (tertiary/aromatic N) is 6. The lowest BCUT2D eigenvalue weighted by atomic mass is 10.2. The quantitative estimate of drug-likeness (QED) is 0.374. The fraction of sp³-hybridized carbons (Fsp3) is 0.278. The van der Waals surface area contributed by atoms with E-state index in [0.717, 1.165) is 5.52 Å². The van der Waals surface area contributed by atoms with Crippen LogP contribution in [0.25, 0.3) is 16.7 Å². The summed E-state index contributed by atoms with van der Waals surface area (Å²) in [5.74, 6) is 1.69. The highest BCUT2D eigenvalue weighted by molar-refractivity contribution is 7.99. The molecule has 1 aromatic carbocycles. The Labute approximate surface area is 158 Å². The fourth-order valence-electron chi connectivity index (χ4n) is 2.89. The van der Waals surface area contributed by atoms with Crippen LogP contribution in [-0.2, 0) is 13.0 Å². The molecule has 0 amide bonds. The largest absolute Gasteiger partial charge is 0.338 e. The lowest BCUT2D eigenvalue weighted by molar-refractivity contribution is 0.375. The molecule has 0 fully saturated rings. The predicted octanol–water partition coefficient (Wildman–Crippen LogP) is 3.03. The first-order valence-corrected chi connectivity index (χ1v) is 9.48. The van der Waals surface area contributed by atoms with Crippen molar-refractivity contribution in [2.75, 3.05) is 0 Å².